The molecule has 0 N–H and O–H groups in total. The lowest BCUT2D eigenvalue weighted by Crippen LogP contribution is -2.59. The first-order valence-electron chi connectivity index (χ1n) is 11.6. The van der Waals surface area contributed by atoms with Crippen LogP contribution in [-0.4, -0.2) is 44.4 Å². The molecule has 3 aromatic heterocycles. The lowest BCUT2D eigenvalue weighted by Gasteiger charge is -2.49. The van der Waals surface area contributed by atoms with E-state index in [1.165, 1.54) is 6.07 Å². The molecule has 182 valence electrons. The number of hydrogen-bond acceptors (Lipinski definition) is 5. The average Bonchev–Trinajstić information content (AvgIpc) is 2.84. The van der Waals surface area contributed by atoms with Crippen LogP contribution in [0.15, 0.2) is 48.9 Å². The maximum Gasteiger partial charge on any atom is 0.417 e. The van der Waals surface area contributed by atoms with Crippen LogP contribution in [0.2, 0.25) is 0 Å². The van der Waals surface area contributed by atoms with E-state index < -0.39 is 11.7 Å². The second-order valence-electron chi connectivity index (χ2n) is 9.32. The van der Waals surface area contributed by atoms with Crippen LogP contribution in [0, 0.1) is 19.8 Å². The second kappa shape index (κ2) is 8.94. The zero-order valence-corrected chi connectivity index (χ0v) is 19.4. The number of aromatic nitrogens is 3. The molecular weight excluding hydrogens is 457 g/mol. The van der Waals surface area contributed by atoms with Gasteiger partial charge >= 0.3 is 6.18 Å². The summed E-state index contributed by atoms with van der Waals surface area (Å²) in [5.41, 5.74) is 2.67. The summed E-state index contributed by atoms with van der Waals surface area (Å²) in [6.07, 6.45) is 1.87. The first-order valence-corrected chi connectivity index (χ1v) is 11.6. The number of fused-ring (bicyclic) bond motifs is 3. The minimum atomic E-state index is -4.45. The molecule has 1 amide bonds. The van der Waals surface area contributed by atoms with Crippen LogP contribution in [0.25, 0.3) is 11.4 Å². The molecule has 2 bridgehead atoms. The summed E-state index contributed by atoms with van der Waals surface area (Å²) in [6, 6.07) is 7.62. The van der Waals surface area contributed by atoms with E-state index in [4.69, 9.17) is 4.74 Å². The summed E-state index contributed by atoms with van der Waals surface area (Å²) >= 11 is 0. The monoisotopic (exact) mass is 482 g/mol. The Bertz CT molecular complexity index is 1250. The number of halogens is 3. The first-order chi connectivity index (χ1) is 16.7. The van der Waals surface area contributed by atoms with Crippen molar-refractivity contribution in [2.75, 3.05) is 6.54 Å². The highest BCUT2D eigenvalue weighted by Gasteiger charge is 2.45. The Balaban J connectivity index is 1.42. The third kappa shape index (κ3) is 4.59. The fourth-order valence-electron chi connectivity index (χ4n) is 5.07. The Labute approximate surface area is 201 Å². The van der Waals surface area contributed by atoms with Crippen molar-refractivity contribution in [3.8, 4) is 17.3 Å². The number of hydrogen-bond donors (Lipinski definition) is 0. The number of alkyl halides is 3. The number of pyridine rings is 3. The van der Waals surface area contributed by atoms with Crippen molar-refractivity contribution in [2.45, 2.75) is 51.4 Å². The smallest absolute Gasteiger partial charge is 0.417 e. The Hall–Kier alpha value is -3.49. The van der Waals surface area contributed by atoms with E-state index in [1.807, 2.05) is 36.9 Å². The summed E-state index contributed by atoms with van der Waals surface area (Å²) < 4.78 is 44.7. The molecule has 3 atom stereocenters. The van der Waals surface area contributed by atoms with E-state index in [0.29, 0.717) is 23.5 Å². The highest BCUT2D eigenvalue weighted by atomic mass is 19.4. The highest BCUT2D eigenvalue weighted by Crippen LogP contribution is 2.39. The molecule has 0 unspecified atom stereocenters. The van der Waals surface area contributed by atoms with Gasteiger partial charge in [0.1, 0.15) is 11.8 Å². The summed E-state index contributed by atoms with van der Waals surface area (Å²) in [7, 11) is 0. The predicted molar refractivity (Wildman–Crippen MR) is 123 cm³/mol. The van der Waals surface area contributed by atoms with Crippen LogP contribution in [0.1, 0.15) is 46.3 Å². The van der Waals surface area contributed by atoms with Gasteiger partial charge in [0.05, 0.1) is 22.9 Å². The van der Waals surface area contributed by atoms with Gasteiger partial charge in [-0.2, -0.15) is 13.2 Å². The number of rotatable bonds is 4. The number of carbonyl (C=O) groups excluding carboxylic acids is 1. The minimum absolute atomic E-state index is 0.130. The molecule has 6 rings (SSSR count). The molecule has 1 saturated carbocycles. The molecule has 2 aliphatic heterocycles. The molecule has 6 nitrogen and oxygen atoms in total. The number of ether oxygens (including phenoxy) is 1. The van der Waals surface area contributed by atoms with Crippen molar-refractivity contribution in [1.82, 2.24) is 19.9 Å². The van der Waals surface area contributed by atoms with Gasteiger partial charge in [0.15, 0.2) is 0 Å². The Morgan fingerprint density at radius 2 is 1.89 bits per heavy atom. The van der Waals surface area contributed by atoms with Gasteiger partial charge in [-0.05, 0) is 68.4 Å². The quantitative estimate of drug-likeness (QED) is 0.508. The molecule has 5 heterocycles. The number of piperidine rings is 2. The largest absolute Gasteiger partial charge is 0.472 e. The summed E-state index contributed by atoms with van der Waals surface area (Å²) in [5.74, 6) is 0.246. The van der Waals surface area contributed by atoms with Crippen LogP contribution >= 0.6 is 0 Å². The molecule has 0 spiro atoms. The Morgan fingerprint density at radius 3 is 2.57 bits per heavy atom. The fourth-order valence-corrected chi connectivity index (χ4v) is 5.07. The zero-order valence-electron chi connectivity index (χ0n) is 19.4. The van der Waals surface area contributed by atoms with Crippen molar-refractivity contribution < 1.29 is 22.7 Å². The lowest BCUT2D eigenvalue weighted by molar-refractivity contribution is -0.137. The predicted octanol–water partition coefficient (Wildman–Crippen LogP) is 5.25. The van der Waals surface area contributed by atoms with Crippen molar-refractivity contribution in [3.05, 3.63) is 71.2 Å². The van der Waals surface area contributed by atoms with E-state index >= 15 is 0 Å². The number of aryl methyl sites for hydroxylation is 2. The number of carbonyl (C=O) groups is 1. The Kier molecular flexibility index (Phi) is 5.94. The molecule has 3 aromatic rings. The molecule has 3 fully saturated rings. The van der Waals surface area contributed by atoms with Gasteiger partial charge in [-0.25, -0.2) is 4.98 Å². The average molecular weight is 483 g/mol. The van der Waals surface area contributed by atoms with Gasteiger partial charge < -0.3 is 9.64 Å². The van der Waals surface area contributed by atoms with Crippen LogP contribution in [0.3, 0.4) is 0 Å². The standard InChI is InChI=1S/C26H25F3N4O2/c1-15-10-19(24(32-12-15)23-16(2)4-3-9-30-23)25(34)33-14-17-5-7-20(33)21(11-17)35-22-8-6-18(13-31-22)26(27,28)29/h3-4,6,8-10,12-13,17,20-21H,5,7,11,14H2,1-2H3/t17-,20-,21+/m0/s1. The molecule has 0 aromatic carbocycles. The lowest BCUT2D eigenvalue weighted by atomic mass is 9.77. The molecular formula is C26H25F3N4O2. The topological polar surface area (TPSA) is 68.2 Å². The van der Waals surface area contributed by atoms with Gasteiger partial charge in [-0.3, -0.25) is 14.8 Å². The summed E-state index contributed by atoms with van der Waals surface area (Å²) in [5, 5.41) is 0. The third-order valence-electron chi connectivity index (χ3n) is 6.81. The normalized spacial score (nSPS) is 21.7. The van der Waals surface area contributed by atoms with Crippen LogP contribution in [0.4, 0.5) is 13.2 Å². The number of nitrogens with zero attached hydrogens (tertiary/aromatic N) is 4. The van der Waals surface area contributed by atoms with Crippen molar-refractivity contribution >= 4 is 5.91 Å². The maximum absolute atomic E-state index is 13.9. The van der Waals surface area contributed by atoms with Gasteiger partial charge in [0.2, 0.25) is 5.88 Å². The van der Waals surface area contributed by atoms with Gasteiger partial charge in [0.25, 0.3) is 5.91 Å². The third-order valence-corrected chi connectivity index (χ3v) is 6.81. The molecule has 0 radical (unpaired) electrons. The first kappa shape index (κ1) is 23.3. The molecule has 3 aliphatic rings. The van der Waals surface area contributed by atoms with Crippen LogP contribution in [0.5, 0.6) is 5.88 Å². The van der Waals surface area contributed by atoms with Crippen LogP contribution in [-0.2, 0) is 6.18 Å². The molecule has 2 saturated heterocycles. The number of amides is 1. The fraction of sp³-hybridized carbons (Fsp3) is 0.385. The van der Waals surface area contributed by atoms with Gasteiger partial charge in [-0.15, -0.1) is 0 Å². The van der Waals surface area contributed by atoms with E-state index in [2.05, 4.69) is 15.0 Å². The zero-order chi connectivity index (χ0) is 24.7. The van der Waals surface area contributed by atoms with Crippen LogP contribution < -0.4 is 4.74 Å². The van der Waals surface area contributed by atoms with E-state index in [9.17, 15) is 18.0 Å². The van der Waals surface area contributed by atoms with E-state index in [1.54, 1.807) is 12.4 Å². The SMILES string of the molecule is Cc1cnc(-c2ncccc2C)c(C(=O)N2C[C@H]3CC[C@H]2[C@H](Oc2ccc(C(F)(F)F)cn2)C3)c1. The van der Waals surface area contributed by atoms with Gasteiger partial charge in [-0.1, -0.05) is 6.07 Å². The van der Waals surface area contributed by atoms with E-state index in [-0.39, 0.29) is 29.9 Å². The molecule has 35 heavy (non-hydrogen) atoms. The second-order valence-corrected chi connectivity index (χ2v) is 9.32. The van der Waals surface area contributed by atoms with Gasteiger partial charge in [0, 0.05) is 31.2 Å². The van der Waals surface area contributed by atoms with Crippen molar-refractivity contribution in [1.29, 1.82) is 0 Å². The molecule has 1 aliphatic carbocycles. The molecule has 9 heteroatoms. The van der Waals surface area contributed by atoms with Crippen molar-refractivity contribution in [3.63, 3.8) is 0 Å². The Morgan fingerprint density at radius 1 is 1.06 bits per heavy atom. The summed E-state index contributed by atoms with van der Waals surface area (Å²) in [4.78, 5) is 28.6. The van der Waals surface area contributed by atoms with E-state index in [0.717, 1.165) is 42.7 Å². The summed E-state index contributed by atoms with van der Waals surface area (Å²) in [6.45, 7) is 4.43. The maximum atomic E-state index is 13.9. The highest BCUT2D eigenvalue weighted by molar-refractivity contribution is 6.00. The minimum Gasteiger partial charge on any atom is -0.472 e. The van der Waals surface area contributed by atoms with Crippen molar-refractivity contribution in [2.24, 2.45) is 5.92 Å².